The lowest BCUT2D eigenvalue weighted by molar-refractivity contribution is 0.667. The van der Waals surface area contributed by atoms with Crippen molar-refractivity contribution in [1.82, 2.24) is 4.72 Å². The summed E-state index contributed by atoms with van der Waals surface area (Å²) in [7, 11) is 0. The quantitative estimate of drug-likeness (QED) is 0.592. The third kappa shape index (κ3) is 1.42. The molecule has 1 aliphatic heterocycles. The predicted molar refractivity (Wildman–Crippen MR) is 48.6 cm³/mol. The lowest BCUT2D eigenvalue weighted by Crippen LogP contribution is -2.25. The molecule has 1 nitrogen and oxygen atoms in total. The lowest BCUT2D eigenvalue weighted by Gasteiger charge is -2.21. The number of benzene rings is 1. The molecule has 2 heteroatoms. The second-order valence-corrected chi connectivity index (χ2v) is 3.81. The number of hydrogen-bond acceptors (Lipinski definition) is 2. The maximum Gasteiger partial charge on any atom is 0.0260 e. The standard InChI is InChI=1S/C9H11NS/c1-7-6-8-4-2-3-5-9(8)11-10-7/h2-5,7,10H,6H2,1H3. The molecule has 0 aromatic heterocycles. The summed E-state index contributed by atoms with van der Waals surface area (Å²) in [6.07, 6.45) is 1.16. The third-order valence-electron chi connectivity index (χ3n) is 1.87. The monoisotopic (exact) mass is 165 g/mol. The Balaban J connectivity index is 2.34. The van der Waals surface area contributed by atoms with Crippen LogP contribution in [0.25, 0.3) is 0 Å². The largest absolute Gasteiger partial charge is 0.257 e. The van der Waals surface area contributed by atoms with E-state index in [-0.39, 0.29) is 0 Å². The summed E-state index contributed by atoms with van der Waals surface area (Å²) < 4.78 is 3.35. The van der Waals surface area contributed by atoms with Gasteiger partial charge in [0.25, 0.3) is 0 Å². The summed E-state index contributed by atoms with van der Waals surface area (Å²) in [5.74, 6) is 0. The number of fused-ring (bicyclic) bond motifs is 1. The fraction of sp³-hybridized carbons (Fsp3) is 0.333. The molecule has 0 bridgehead atoms. The van der Waals surface area contributed by atoms with E-state index in [0.717, 1.165) is 6.42 Å². The molecule has 0 amide bonds. The van der Waals surface area contributed by atoms with Crippen molar-refractivity contribution in [3.05, 3.63) is 29.8 Å². The van der Waals surface area contributed by atoms with Gasteiger partial charge in [0, 0.05) is 10.9 Å². The molecule has 0 saturated heterocycles. The molecule has 1 aromatic rings. The average molecular weight is 165 g/mol. The van der Waals surface area contributed by atoms with Crippen molar-refractivity contribution in [3.63, 3.8) is 0 Å². The van der Waals surface area contributed by atoms with E-state index in [1.54, 1.807) is 11.9 Å². The molecule has 58 valence electrons. The van der Waals surface area contributed by atoms with Gasteiger partial charge >= 0.3 is 0 Å². The summed E-state index contributed by atoms with van der Waals surface area (Å²) in [6, 6.07) is 9.18. The van der Waals surface area contributed by atoms with Crippen LogP contribution in [0.4, 0.5) is 0 Å². The van der Waals surface area contributed by atoms with Crippen LogP contribution in [0.15, 0.2) is 29.2 Å². The molecule has 1 aliphatic rings. The summed E-state index contributed by atoms with van der Waals surface area (Å²) in [4.78, 5) is 1.38. The van der Waals surface area contributed by atoms with Crippen molar-refractivity contribution in [2.45, 2.75) is 24.3 Å². The number of hydrogen-bond donors (Lipinski definition) is 1. The van der Waals surface area contributed by atoms with E-state index in [4.69, 9.17) is 0 Å². The second kappa shape index (κ2) is 2.88. The zero-order chi connectivity index (χ0) is 7.68. The molecular formula is C9H11NS. The lowest BCUT2D eigenvalue weighted by atomic mass is 10.1. The van der Waals surface area contributed by atoms with Gasteiger partial charge in [-0.15, -0.1) is 0 Å². The minimum atomic E-state index is 0.606. The molecule has 1 aromatic carbocycles. The minimum Gasteiger partial charge on any atom is -0.257 e. The van der Waals surface area contributed by atoms with Crippen LogP contribution >= 0.6 is 11.9 Å². The van der Waals surface area contributed by atoms with Gasteiger partial charge in [-0.1, -0.05) is 18.2 Å². The van der Waals surface area contributed by atoms with Crippen LogP contribution in [0.2, 0.25) is 0 Å². The molecule has 2 rings (SSSR count). The van der Waals surface area contributed by atoms with Crippen molar-refractivity contribution in [3.8, 4) is 0 Å². The molecule has 11 heavy (non-hydrogen) atoms. The van der Waals surface area contributed by atoms with E-state index >= 15 is 0 Å². The van der Waals surface area contributed by atoms with Gasteiger partial charge in [-0.2, -0.15) is 0 Å². The van der Waals surface area contributed by atoms with Crippen LogP contribution in [0.1, 0.15) is 12.5 Å². The minimum absolute atomic E-state index is 0.606. The maximum atomic E-state index is 3.35. The highest BCUT2D eigenvalue weighted by atomic mass is 32.2. The van der Waals surface area contributed by atoms with E-state index in [9.17, 15) is 0 Å². The summed E-state index contributed by atoms with van der Waals surface area (Å²) in [5.41, 5.74) is 1.48. The van der Waals surface area contributed by atoms with E-state index in [0.29, 0.717) is 6.04 Å². The highest BCUT2D eigenvalue weighted by Crippen LogP contribution is 2.26. The Labute approximate surface area is 71.3 Å². The Morgan fingerprint density at radius 2 is 2.27 bits per heavy atom. The average Bonchev–Trinajstić information content (AvgIpc) is 2.04. The van der Waals surface area contributed by atoms with Gasteiger partial charge < -0.3 is 0 Å². The molecule has 0 fully saturated rings. The Morgan fingerprint density at radius 3 is 3.18 bits per heavy atom. The highest BCUT2D eigenvalue weighted by Gasteiger charge is 2.13. The molecule has 0 spiro atoms. The van der Waals surface area contributed by atoms with Crippen LogP contribution in [-0.2, 0) is 6.42 Å². The van der Waals surface area contributed by atoms with Crippen LogP contribution in [-0.4, -0.2) is 6.04 Å². The molecule has 0 radical (unpaired) electrons. The van der Waals surface area contributed by atoms with E-state index < -0.39 is 0 Å². The van der Waals surface area contributed by atoms with Crippen molar-refractivity contribution in [2.75, 3.05) is 0 Å². The van der Waals surface area contributed by atoms with Gasteiger partial charge in [-0.3, -0.25) is 4.72 Å². The number of nitrogens with one attached hydrogen (secondary N) is 1. The Bertz CT molecular complexity index is 259. The fourth-order valence-electron chi connectivity index (χ4n) is 1.31. The van der Waals surface area contributed by atoms with Crippen LogP contribution in [0, 0.1) is 0 Å². The molecule has 0 saturated carbocycles. The zero-order valence-corrected chi connectivity index (χ0v) is 7.32. The normalized spacial score (nSPS) is 22.8. The van der Waals surface area contributed by atoms with Crippen molar-refractivity contribution in [1.29, 1.82) is 0 Å². The smallest absolute Gasteiger partial charge is 0.0260 e. The summed E-state index contributed by atoms with van der Waals surface area (Å²) in [6.45, 7) is 2.21. The van der Waals surface area contributed by atoms with E-state index in [1.165, 1.54) is 10.5 Å². The topological polar surface area (TPSA) is 12.0 Å². The van der Waals surface area contributed by atoms with Crippen LogP contribution in [0.5, 0.6) is 0 Å². The van der Waals surface area contributed by atoms with Gasteiger partial charge in [-0.05, 0) is 36.9 Å². The van der Waals surface area contributed by atoms with Crippen LogP contribution in [0.3, 0.4) is 0 Å². The molecule has 1 heterocycles. The zero-order valence-electron chi connectivity index (χ0n) is 6.50. The molecular weight excluding hydrogens is 154 g/mol. The first-order chi connectivity index (χ1) is 5.36. The van der Waals surface area contributed by atoms with Crippen LogP contribution < -0.4 is 4.72 Å². The van der Waals surface area contributed by atoms with Gasteiger partial charge in [0.15, 0.2) is 0 Å². The van der Waals surface area contributed by atoms with Crippen molar-refractivity contribution < 1.29 is 0 Å². The van der Waals surface area contributed by atoms with E-state index in [1.807, 2.05) is 0 Å². The van der Waals surface area contributed by atoms with Crippen molar-refractivity contribution in [2.24, 2.45) is 0 Å². The molecule has 0 aliphatic carbocycles. The highest BCUT2D eigenvalue weighted by molar-refractivity contribution is 7.97. The Kier molecular flexibility index (Phi) is 1.88. The number of rotatable bonds is 0. The van der Waals surface area contributed by atoms with Gasteiger partial charge in [0.1, 0.15) is 0 Å². The van der Waals surface area contributed by atoms with Gasteiger partial charge in [0.05, 0.1) is 0 Å². The Hall–Kier alpha value is -0.470. The van der Waals surface area contributed by atoms with Gasteiger partial charge in [-0.25, -0.2) is 0 Å². The molecule has 1 unspecified atom stereocenters. The van der Waals surface area contributed by atoms with E-state index in [2.05, 4.69) is 35.9 Å². The second-order valence-electron chi connectivity index (χ2n) is 2.93. The first kappa shape index (κ1) is 7.19. The Morgan fingerprint density at radius 1 is 1.45 bits per heavy atom. The summed E-state index contributed by atoms with van der Waals surface area (Å²) >= 11 is 1.75. The molecule has 1 N–H and O–H groups in total. The SMILES string of the molecule is CC1Cc2ccccc2SN1. The maximum absolute atomic E-state index is 3.35. The molecule has 1 atom stereocenters. The third-order valence-corrected chi connectivity index (χ3v) is 3.01. The fourth-order valence-corrected chi connectivity index (χ4v) is 2.15. The first-order valence-corrected chi connectivity index (χ1v) is 4.68. The predicted octanol–water partition coefficient (Wildman–Crippen LogP) is 2.23. The van der Waals surface area contributed by atoms with Crippen molar-refractivity contribution >= 4 is 11.9 Å². The summed E-state index contributed by atoms with van der Waals surface area (Å²) in [5, 5.41) is 0. The van der Waals surface area contributed by atoms with Gasteiger partial charge in [0.2, 0.25) is 0 Å². The first-order valence-electron chi connectivity index (χ1n) is 3.86.